The average molecular weight is 236 g/mol. The van der Waals surface area contributed by atoms with Crippen LogP contribution in [0.2, 0.25) is 0 Å². The molecule has 5 nitrogen and oxygen atoms in total. The van der Waals surface area contributed by atoms with Gasteiger partial charge in [-0.3, -0.25) is 9.89 Å². The van der Waals surface area contributed by atoms with E-state index in [-0.39, 0.29) is 11.9 Å². The van der Waals surface area contributed by atoms with Gasteiger partial charge in [0.2, 0.25) is 0 Å². The Labute approximate surface area is 96.9 Å². The van der Waals surface area contributed by atoms with E-state index in [1.165, 1.54) is 6.20 Å². The molecule has 0 saturated carbocycles. The van der Waals surface area contributed by atoms with Gasteiger partial charge in [0.1, 0.15) is 5.01 Å². The number of rotatable bonds is 3. The van der Waals surface area contributed by atoms with Gasteiger partial charge in [0.15, 0.2) is 0 Å². The highest BCUT2D eigenvalue weighted by atomic mass is 32.1. The Balaban J connectivity index is 2.03. The Morgan fingerprint density at radius 3 is 2.94 bits per heavy atom. The lowest BCUT2D eigenvalue weighted by molar-refractivity contribution is 0.0940. The lowest BCUT2D eigenvalue weighted by Crippen LogP contribution is -2.26. The van der Waals surface area contributed by atoms with Gasteiger partial charge in [0, 0.05) is 17.3 Å². The standard InChI is InChI=1S/C10H12N4OS/c1-6-3-11-10(16-6)7(2)14-9(15)8-4-12-13-5-8/h3-5,7H,1-2H3,(H,12,13)(H,14,15). The Hall–Kier alpha value is -1.69. The van der Waals surface area contributed by atoms with Crippen molar-refractivity contribution >= 4 is 17.2 Å². The monoisotopic (exact) mass is 236 g/mol. The number of nitrogens with one attached hydrogen (secondary N) is 2. The number of thiazole rings is 1. The van der Waals surface area contributed by atoms with Crippen LogP contribution in [0.4, 0.5) is 0 Å². The fourth-order valence-corrected chi connectivity index (χ4v) is 2.07. The zero-order chi connectivity index (χ0) is 11.5. The molecule has 0 radical (unpaired) electrons. The normalized spacial score (nSPS) is 12.4. The van der Waals surface area contributed by atoms with Crippen molar-refractivity contribution in [3.05, 3.63) is 34.0 Å². The first kappa shape index (κ1) is 10.8. The molecule has 84 valence electrons. The third kappa shape index (κ3) is 2.27. The van der Waals surface area contributed by atoms with E-state index in [1.807, 2.05) is 13.8 Å². The summed E-state index contributed by atoms with van der Waals surface area (Å²) < 4.78 is 0. The van der Waals surface area contributed by atoms with Crippen molar-refractivity contribution in [2.45, 2.75) is 19.9 Å². The Bertz CT molecular complexity index is 477. The molecule has 2 N–H and O–H groups in total. The molecular formula is C10H12N4OS. The number of nitrogens with zero attached hydrogens (tertiary/aromatic N) is 2. The van der Waals surface area contributed by atoms with Crippen LogP contribution in [0.3, 0.4) is 0 Å². The van der Waals surface area contributed by atoms with Crippen LogP contribution in [0.15, 0.2) is 18.6 Å². The minimum absolute atomic E-state index is 0.0823. The molecule has 0 bridgehead atoms. The van der Waals surface area contributed by atoms with Crippen LogP contribution < -0.4 is 5.32 Å². The number of carbonyl (C=O) groups is 1. The van der Waals surface area contributed by atoms with E-state index in [4.69, 9.17) is 0 Å². The van der Waals surface area contributed by atoms with Crippen LogP contribution in [0.1, 0.15) is 33.2 Å². The number of aromatic nitrogens is 3. The van der Waals surface area contributed by atoms with Gasteiger partial charge < -0.3 is 5.32 Å². The predicted molar refractivity (Wildman–Crippen MR) is 61.3 cm³/mol. The van der Waals surface area contributed by atoms with Crippen molar-refractivity contribution in [3.63, 3.8) is 0 Å². The summed E-state index contributed by atoms with van der Waals surface area (Å²) in [6.45, 7) is 3.90. The molecule has 1 unspecified atom stereocenters. The second kappa shape index (κ2) is 4.44. The molecule has 2 aromatic heterocycles. The zero-order valence-electron chi connectivity index (χ0n) is 9.02. The summed E-state index contributed by atoms with van der Waals surface area (Å²) in [5.74, 6) is -0.144. The van der Waals surface area contributed by atoms with Gasteiger partial charge in [0.05, 0.1) is 17.8 Å². The third-order valence-electron chi connectivity index (χ3n) is 2.12. The van der Waals surface area contributed by atoms with E-state index in [0.29, 0.717) is 5.56 Å². The van der Waals surface area contributed by atoms with Crippen molar-refractivity contribution in [3.8, 4) is 0 Å². The van der Waals surface area contributed by atoms with Crippen LogP contribution in [-0.4, -0.2) is 21.1 Å². The molecule has 0 saturated heterocycles. The summed E-state index contributed by atoms with van der Waals surface area (Å²) in [5, 5.41) is 10.1. The molecular weight excluding hydrogens is 224 g/mol. The fraction of sp³-hybridized carbons (Fsp3) is 0.300. The largest absolute Gasteiger partial charge is 0.343 e. The molecule has 2 aromatic rings. The van der Waals surface area contributed by atoms with Crippen LogP contribution in [0, 0.1) is 6.92 Å². The maximum Gasteiger partial charge on any atom is 0.255 e. The molecule has 1 atom stereocenters. The number of amides is 1. The molecule has 1 amide bonds. The van der Waals surface area contributed by atoms with Gasteiger partial charge in [-0.2, -0.15) is 5.10 Å². The van der Waals surface area contributed by atoms with Crippen molar-refractivity contribution in [1.29, 1.82) is 0 Å². The summed E-state index contributed by atoms with van der Waals surface area (Å²) in [6.07, 6.45) is 4.87. The van der Waals surface area contributed by atoms with Gasteiger partial charge in [-0.05, 0) is 13.8 Å². The SMILES string of the molecule is Cc1cnc(C(C)NC(=O)c2cn[nH]c2)s1. The molecule has 0 aromatic carbocycles. The molecule has 0 aliphatic carbocycles. The van der Waals surface area contributed by atoms with E-state index >= 15 is 0 Å². The van der Waals surface area contributed by atoms with Crippen LogP contribution in [0.5, 0.6) is 0 Å². The van der Waals surface area contributed by atoms with Gasteiger partial charge >= 0.3 is 0 Å². The number of H-pyrrole nitrogens is 1. The second-order valence-electron chi connectivity index (χ2n) is 3.49. The third-order valence-corrected chi connectivity index (χ3v) is 3.21. The van der Waals surface area contributed by atoms with E-state index in [9.17, 15) is 4.79 Å². The number of hydrogen-bond acceptors (Lipinski definition) is 4. The highest BCUT2D eigenvalue weighted by Gasteiger charge is 2.14. The smallest absolute Gasteiger partial charge is 0.255 e. The lowest BCUT2D eigenvalue weighted by atomic mass is 10.3. The summed E-state index contributed by atoms with van der Waals surface area (Å²) in [7, 11) is 0. The highest BCUT2D eigenvalue weighted by Crippen LogP contribution is 2.19. The van der Waals surface area contributed by atoms with Gasteiger partial charge in [-0.1, -0.05) is 0 Å². The first-order chi connectivity index (χ1) is 7.66. The Morgan fingerprint density at radius 1 is 1.56 bits per heavy atom. The molecule has 0 spiro atoms. The average Bonchev–Trinajstić information content (AvgIpc) is 2.87. The molecule has 0 aliphatic heterocycles. The molecule has 0 fully saturated rings. The molecule has 6 heteroatoms. The Kier molecular flexibility index (Phi) is 3.00. The first-order valence-electron chi connectivity index (χ1n) is 4.89. The van der Waals surface area contributed by atoms with Crippen molar-refractivity contribution < 1.29 is 4.79 Å². The maximum absolute atomic E-state index is 11.7. The van der Waals surface area contributed by atoms with Gasteiger partial charge in [0.25, 0.3) is 5.91 Å². The summed E-state index contributed by atoms with van der Waals surface area (Å²) in [5.41, 5.74) is 0.528. The molecule has 2 heterocycles. The van der Waals surface area contributed by atoms with Gasteiger partial charge in [-0.15, -0.1) is 11.3 Å². The number of carbonyl (C=O) groups excluding carboxylic acids is 1. The van der Waals surface area contributed by atoms with Crippen LogP contribution in [0.25, 0.3) is 0 Å². The number of aryl methyl sites for hydroxylation is 1. The maximum atomic E-state index is 11.7. The van der Waals surface area contributed by atoms with Crippen molar-refractivity contribution in [2.75, 3.05) is 0 Å². The van der Waals surface area contributed by atoms with Crippen molar-refractivity contribution in [2.24, 2.45) is 0 Å². The minimum atomic E-state index is -0.144. The molecule has 2 rings (SSSR count). The van der Waals surface area contributed by atoms with E-state index in [0.717, 1.165) is 9.88 Å². The van der Waals surface area contributed by atoms with Crippen molar-refractivity contribution in [1.82, 2.24) is 20.5 Å². The number of aromatic amines is 1. The van der Waals surface area contributed by atoms with Crippen LogP contribution in [-0.2, 0) is 0 Å². The zero-order valence-corrected chi connectivity index (χ0v) is 9.84. The fourth-order valence-electron chi connectivity index (χ4n) is 1.29. The van der Waals surface area contributed by atoms with E-state index in [1.54, 1.807) is 23.7 Å². The lowest BCUT2D eigenvalue weighted by Gasteiger charge is -2.09. The summed E-state index contributed by atoms with van der Waals surface area (Å²) in [4.78, 5) is 17.1. The van der Waals surface area contributed by atoms with E-state index in [2.05, 4.69) is 20.5 Å². The summed E-state index contributed by atoms with van der Waals surface area (Å²) >= 11 is 1.59. The van der Waals surface area contributed by atoms with Gasteiger partial charge in [-0.25, -0.2) is 4.98 Å². The number of hydrogen-bond donors (Lipinski definition) is 2. The minimum Gasteiger partial charge on any atom is -0.343 e. The van der Waals surface area contributed by atoms with Crippen LogP contribution >= 0.6 is 11.3 Å². The molecule has 0 aliphatic rings. The second-order valence-corrected chi connectivity index (χ2v) is 4.76. The highest BCUT2D eigenvalue weighted by molar-refractivity contribution is 7.11. The predicted octanol–water partition coefficient (Wildman–Crippen LogP) is 1.67. The topological polar surface area (TPSA) is 70.7 Å². The Morgan fingerprint density at radius 2 is 2.38 bits per heavy atom. The van der Waals surface area contributed by atoms with E-state index < -0.39 is 0 Å². The first-order valence-corrected chi connectivity index (χ1v) is 5.70. The molecule has 16 heavy (non-hydrogen) atoms. The summed E-state index contributed by atoms with van der Waals surface area (Å²) in [6, 6.07) is -0.0823. The quantitative estimate of drug-likeness (QED) is 0.851.